The molecule has 0 saturated carbocycles. The van der Waals surface area contributed by atoms with Gasteiger partial charge < -0.3 is 10.1 Å². The van der Waals surface area contributed by atoms with Gasteiger partial charge in [0, 0.05) is 18.2 Å². The lowest BCUT2D eigenvalue weighted by Gasteiger charge is -2.30. The van der Waals surface area contributed by atoms with Gasteiger partial charge in [-0.1, -0.05) is 0 Å². The zero-order valence-electron chi connectivity index (χ0n) is 11.1. The number of nitrogens with one attached hydrogen (secondary N) is 2. The molecule has 2 rings (SSSR count). The van der Waals surface area contributed by atoms with Crippen molar-refractivity contribution in [1.29, 1.82) is 0 Å². The highest BCUT2D eigenvalue weighted by molar-refractivity contribution is 7.89. The van der Waals surface area contributed by atoms with Crippen molar-refractivity contribution < 1.29 is 13.2 Å². The van der Waals surface area contributed by atoms with Crippen molar-refractivity contribution in [3.8, 4) is 5.88 Å². The zero-order valence-corrected chi connectivity index (χ0v) is 11.9. The van der Waals surface area contributed by atoms with Gasteiger partial charge in [0.05, 0.1) is 13.3 Å². The van der Waals surface area contributed by atoms with Crippen LogP contribution < -0.4 is 14.8 Å². The van der Waals surface area contributed by atoms with Gasteiger partial charge >= 0.3 is 0 Å². The van der Waals surface area contributed by atoms with Gasteiger partial charge in [-0.25, -0.2) is 18.1 Å². The Bertz CT molecular complexity index is 516. The van der Waals surface area contributed by atoms with E-state index in [2.05, 4.69) is 15.0 Å². The topological polar surface area (TPSA) is 80.3 Å². The molecule has 1 fully saturated rings. The van der Waals surface area contributed by atoms with Gasteiger partial charge in [0.25, 0.3) is 0 Å². The normalized spacial score (nSPS) is 24.1. The molecule has 2 unspecified atom stereocenters. The average Bonchev–Trinajstić information content (AvgIpc) is 2.41. The largest absolute Gasteiger partial charge is 0.481 e. The summed E-state index contributed by atoms with van der Waals surface area (Å²) < 4.78 is 32.1. The fourth-order valence-electron chi connectivity index (χ4n) is 2.12. The highest BCUT2D eigenvalue weighted by atomic mass is 32.2. The molecule has 2 heterocycles. The molecule has 19 heavy (non-hydrogen) atoms. The number of hydrogen-bond donors (Lipinski definition) is 2. The number of pyridine rings is 1. The second-order valence-corrected chi connectivity index (χ2v) is 6.36. The van der Waals surface area contributed by atoms with Crippen molar-refractivity contribution in [3.05, 3.63) is 18.3 Å². The molecule has 1 aromatic rings. The van der Waals surface area contributed by atoms with Crippen LogP contribution in [-0.2, 0) is 10.0 Å². The van der Waals surface area contributed by atoms with E-state index >= 15 is 0 Å². The van der Waals surface area contributed by atoms with E-state index in [9.17, 15) is 8.42 Å². The minimum absolute atomic E-state index is 0.0825. The van der Waals surface area contributed by atoms with Crippen LogP contribution in [0.25, 0.3) is 0 Å². The van der Waals surface area contributed by atoms with Crippen LogP contribution in [0.4, 0.5) is 0 Å². The van der Waals surface area contributed by atoms with Crippen LogP contribution >= 0.6 is 0 Å². The highest BCUT2D eigenvalue weighted by Crippen LogP contribution is 2.15. The molecule has 0 aliphatic carbocycles. The first kappa shape index (κ1) is 14.2. The van der Waals surface area contributed by atoms with Gasteiger partial charge in [-0.3, -0.25) is 0 Å². The third kappa shape index (κ3) is 3.43. The number of rotatable bonds is 4. The molecule has 1 aliphatic heterocycles. The minimum atomic E-state index is -3.53. The quantitative estimate of drug-likeness (QED) is 0.842. The smallest absolute Gasteiger partial charge is 0.242 e. The average molecular weight is 285 g/mol. The number of hydrogen-bond acceptors (Lipinski definition) is 5. The fraction of sp³-hybridized carbons (Fsp3) is 0.583. The lowest BCUT2D eigenvalue weighted by molar-refractivity contribution is 0.348. The van der Waals surface area contributed by atoms with Crippen molar-refractivity contribution in [1.82, 2.24) is 15.0 Å². The first-order valence-corrected chi connectivity index (χ1v) is 7.77. The molecule has 1 aromatic heterocycles. The summed E-state index contributed by atoms with van der Waals surface area (Å²) in [6.07, 6.45) is 3.12. The van der Waals surface area contributed by atoms with Crippen molar-refractivity contribution in [3.63, 3.8) is 0 Å². The number of ether oxygens (including phenoxy) is 1. The van der Waals surface area contributed by atoms with Gasteiger partial charge in [0.1, 0.15) is 4.90 Å². The Balaban J connectivity index is 2.12. The van der Waals surface area contributed by atoms with Gasteiger partial charge in [-0.2, -0.15) is 0 Å². The minimum Gasteiger partial charge on any atom is -0.481 e. The van der Waals surface area contributed by atoms with E-state index in [-0.39, 0.29) is 17.0 Å². The Morgan fingerprint density at radius 3 is 2.84 bits per heavy atom. The van der Waals surface area contributed by atoms with Crippen LogP contribution in [0.1, 0.15) is 19.8 Å². The molecule has 1 aliphatic rings. The number of methoxy groups -OCH3 is 1. The Hall–Kier alpha value is -1.18. The Morgan fingerprint density at radius 1 is 1.47 bits per heavy atom. The summed E-state index contributed by atoms with van der Waals surface area (Å²) in [6.45, 7) is 2.92. The van der Waals surface area contributed by atoms with Gasteiger partial charge in [-0.15, -0.1) is 0 Å². The summed E-state index contributed by atoms with van der Waals surface area (Å²) in [5.74, 6) is 0.395. The summed E-state index contributed by atoms with van der Waals surface area (Å²) >= 11 is 0. The molecule has 2 atom stereocenters. The summed E-state index contributed by atoms with van der Waals surface area (Å²) in [4.78, 5) is 4.08. The van der Waals surface area contributed by atoms with E-state index in [1.54, 1.807) is 0 Å². The molecule has 6 nitrogen and oxygen atoms in total. The van der Waals surface area contributed by atoms with Gasteiger partial charge in [0.15, 0.2) is 0 Å². The number of nitrogens with zero attached hydrogens (tertiary/aromatic N) is 1. The van der Waals surface area contributed by atoms with E-state index in [0.717, 1.165) is 19.4 Å². The molecule has 1 saturated heterocycles. The van der Waals surface area contributed by atoms with E-state index in [4.69, 9.17) is 4.74 Å². The summed E-state index contributed by atoms with van der Waals surface area (Å²) in [5, 5.41) is 3.26. The van der Waals surface area contributed by atoms with E-state index < -0.39 is 10.0 Å². The molecule has 0 bridgehead atoms. The van der Waals surface area contributed by atoms with Crippen LogP contribution in [0, 0.1) is 0 Å². The second-order valence-electron chi connectivity index (χ2n) is 4.65. The highest BCUT2D eigenvalue weighted by Gasteiger charge is 2.26. The third-order valence-corrected chi connectivity index (χ3v) is 4.77. The monoisotopic (exact) mass is 285 g/mol. The fourth-order valence-corrected chi connectivity index (χ4v) is 3.41. The van der Waals surface area contributed by atoms with Crippen LogP contribution in [0.2, 0.25) is 0 Å². The molecule has 0 radical (unpaired) electrons. The molecule has 0 aromatic carbocycles. The molecule has 0 amide bonds. The lowest BCUT2D eigenvalue weighted by Crippen LogP contribution is -2.51. The molecule has 106 valence electrons. The van der Waals surface area contributed by atoms with Crippen LogP contribution in [0.15, 0.2) is 23.2 Å². The number of sulfonamides is 1. The SMILES string of the molecule is COc1ccc(S(=O)(=O)NC2CCCNC2C)cn1. The number of piperidine rings is 1. The third-order valence-electron chi connectivity index (χ3n) is 3.30. The molecular weight excluding hydrogens is 266 g/mol. The van der Waals surface area contributed by atoms with Crippen LogP contribution in [0.5, 0.6) is 5.88 Å². The maximum atomic E-state index is 12.2. The Kier molecular flexibility index (Phi) is 4.38. The maximum Gasteiger partial charge on any atom is 0.242 e. The van der Waals surface area contributed by atoms with Crippen molar-refractivity contribution in [2.45, 2.75) is 36.7 Å². The first-order valence-electron chi connectivity index (χ1n) is 6.28. The van der Waals surface area contributed by atoms with Crippen molar-refractivity contribution in [2.75, 3.05) is 13.7 Å². The Morgan fingerprint density at radius 2 is 2.26 bits per heavy atom. The molecule has 7 heteroatoms. The second kappa shape index (κ2) is 5.85. The summed E-state index contributed by atoms with van der Waals surface area (Å²) in [7, 11) is -2.04. The van der Waals surface area contributed by atoms with Crippen LogP contribution in [0.3, 0.4) is 0 Å². The number of aromatic nitrogens is 1. The van der Waals surface area contributed by atoms with Crippen molar-refractivity contribution in [2.24, 2.45) is 0 Å². The standard InChI is InChI=1S/C12H19N3O3S/c1-9-11(4-3-7-13-9)15-19(16,17)10-5-6-12(18-2)14-8-10/h5-6,8-9,11,13,15H,3-4,7H2,1-2H3. The van der Waals surface area contributed by atoms with E-state index in [0.29, 0.717) is 5.88 Å². The zero-order chi connectivity index (χ0) is 13.9. The first-order chi connectivity index (χ1) is 9.03. The van der Waals surface area contributed by atoms with E-state index in [1.807, 2.05) is 6.92 Å². The molecular formula is C12H19N3O3S. The molecule has 0 spiro atoms. The lowest BCUT2D eigenvalue weighted by atomic mass is 10.0. The molecule has 2 N–H and O–H groups in total. The van der Waals surface area contributed by atoms with E-state index in [1.165, 1.54) is 25.4 Å². The predicted molar refractivity (Wildman–Crippen MR) is 71.6 cm³/mol. The Labute approximate surface area is 113 Å². The summed E-state index contributed by atoms with van der Waals surface area (Å²) in [6, 6.07) is 3.09. The maximum absolute atomic E-state index is 12.2. The van der Waals surface area contributed by atoms with Crippen molar-refractivity contribution >= 4 is 10.0 Å². The summed E-state index contributed by atoms with van der Waals surface area (Å²) in [5.41, 5.74) is 0. The van der Waals surface area contributed by atoms with Gasteiger partial charge in [0.2, 0.25) is 15.9 Å². The van der Waals surface area contributed by atoms with Gasteiger partial charge in [-0.05, 0) is 32.4 Å². The van der Waals surface area contributed by atoms with Crippen LogP contribution in [-0.4, -0.2) is 39.1 Å². The predicted octanol–water partition coefficient (Wildman–Crippen LogP) is 0.509.